The number of rotatable bonds is 10. The molecule has 1 aromatic carbocycles. The molecule has 0 aliphatic rings. The van der Waals surface area contributed by atoms with Crippen LogP contribution < -0.4 is 16.0 Å². The van der Waals surface area contributed by atoms with Crippen molar-refractivity contribution in [2.75, 3.05) is 25.0 Å². The van der Waals surface area contributed by atoms with E-state index >= 15 is 0 Å². The first-order valence-corrected chi connectivity index (χ1v) is 9.57. The topological polar surface area (TPSA) is 85.8 Å². The largest absolute Gasteiger partial charge is 0.388 e. The smallest absolute Gasteiger partial charge is 0.246 e. The van der Waals surface area contributed by atoms with Gasteiger partial charge in [-0.3, -0.25) is 4.79 Å². The molecule has 0 atom stereocenters. The molecule has 6 heteroatoms. The van der Waals surface area contributed by atoms with Gasteiger partial charge in [-0.25, -0.2) is 4.99 Å². The highest BCUT2D eigenvalue weighted by Gasteiger charge is 2.24. The van der Waals surface area contributed by atoms with E-state index in [1.165, 1.54) is 0 Å². The number of aliphatic imine (C=N–C) groups is 1. The van der Waals surface area contributed by atoms with Crippen LogP contribution in [0.15, 0.2) is 29.3 Å². The number of carbonyl (C=O) groups is 1. The Hall–Kier alpha value is -2.52. The summed E-state index contributed by atoms with van der Waals surface area (Å²) in [6.07, 6.45) is 8.63. The molecular weight excluding hydrogens is 340 g/mol. The molecule has 0 saturated carbocycles. The molecular formula is C21H32N4O2. The molecule has 0 heterocycles. The maximum atomic E-state index is 12.2. The highest BCUT2D eigenvalue weighted by atomic mass is 16.3. The summed E-state index contributed by atoms with van der Waals surface area (Å²) in [5.41, 5.74) is 0.582. The molecule has 4 N–H and O–H groups in total. The third-order valence-corrected chi connectivity index (χ3v) is 4.05. The Morgan fingerprint density at radius 1 is 1.22 bits per heavy atom. The standard InChI is InChI=1S/C21H32N4O2/c1-5-12-21(27,13-6-2)16-24-20(22-8-4)23-15-19(26)25-18-11-9-10-17(7-3)14-18/h3,9-11,14,27H,5-6,8,12-13,15-16H2,1-2,4H3,(H,25,26)(H2,22,23,24). The number of anilines is 1. The summed E-state index contributed by atoms with van der Waals surface area (Å²) in [5.74, 6) is 2.81. The molecule has 1 amide bonds. The van der Waals surface area contributed by atoms with Gasteiger partial charge in [-0.15, -0.1) is 6.42 Å². The van der Waals surface area contributed by atoms with Crippen LogP contribution in [0.1, 0.15) is 52.0 Å². The van der Waals surface area contributed by atoms with E-state index in [1.54, 1.807) is 24.3 Å². The molecule has 0 unspecified atom stereocenters. The molecule has 6 nitrogen and oxygen atoms in total. The van der Waals surface area contributed by atoms with Crippen LogP contribution >= 0.6 is 0 Å². The fraction of sp³-hybridized carbons (Fsp3) is 0.524. The van der Waals surface area contributed by atoms with Crippen LogP contribution in [0, 0.1) is 12.3 Å². The van der Waals surface area contributed by atoms with Crippen LogP contribution in [-0.2, 0) is 4.79 Å². The van der Waals surface area contributed by atoms with E-state index in [-0.39, 0.29) is 12.5 Å². The number of amides is 1. The molecule has 1 aromatic rings. The Labute approximate surface area is 162 Å². The zero-order valence-corrected chi connectivity index (χ0v) is 16.6. The van der Waals surface area contributed by atoms with Crippen molar-refractivity contribution in [3.63, 3.8) is 0 Å². The van der Waals surface area contributed by atoms with Crippen LogP contribution in [0.25, 0.3) is 0 Å². The number of hydrogen-bond acceptors (Lipinski definition) is 3. The average Bonchev–Trinajstić information content (AvgIpc) is 2.64. The number of nitrogens with one attached hydrogen (secondary N) is 3. The van der Waals surface area contributed by atoms with Crippen LogP contribution in [-0.4, -0.2) is 42.2 Å². The molecule has 0 spiro atoms. The molecule has 0 aliphatic carbocycles. The Balaban J connectivity index is 2.66. The van der Waals surface area contributed by atoms with Crippen molar-refractivity contribution in [1.82, 2.24) is 10.6 Å². The summed E-state index contributed by atoms with van der Waals surface area (Å²) in [6, 6.07) is 7.11. The molecule has 0 aromatic heterocycles. The van der Waals surface area contributed by atoms with Gasteiger partial charge in [-0.2, -0.15) is 0 Å². The fourth-order valence-corrected chi connectivity index (χ4v) is 2.86. The molecule has 1 rings (SSSR count). The lowest BCUT2D eigenvalue weighted by molar-refractivity contribution is -0.114. The van der Waals surface area contributed by atoms with Gasteiger partial charge in [0.05, 0.1) is 5.60 Å². The zero-order chi connectivity index (χ0) is 20.1. The minimum atomic E-state index is -0.766. The summed E-state index contributed by atoms with van der Waals surface area (Å²) in [7, 11) is 0. The Morgan fingerprint density at radius 3 is 2.52 bits per heavy atom. The van der Waals surface area contributed by atoms with Gasteiger partial charge in [0.25, 0.3) is 0 Å². The lowest BCUT2D eigenvalue weighted by Gasteiger charge is -2.28. The average molecular weight is 373 g/mol. The van der Waals surface area contributed by atoms with Crippen LogP contribution in [0.5, 0.6) is 0 Å². The third kappa shape index (κ3) is 8.61. The number of terminal acetylenes is 1. The van der Waals surface area contributed by atoms with E-state index in [9.17, 15) is 9.90 Å². The maximum Gasteiger partial charge on any atom is 0.246 e. The first-order valence-electron chi connectivity index (χ1n) is 9.57. The van der Waals surface area contributed by atoms with Crippen LogP contribution in [0.2, 0.25) is 0 Å². The monoisotopic (exact) mass is 372 g/mol. The van der Waals surface area contributed by atoms with Crippen molar-refractivity contribution < 1.29 is 9.90 Å². The number of guanidine groups is 1. The Morgan fingerprint density at radius 2 is 1.93 bits per heavy atom. The van der Waals surface area contributed by atoms with Crippen molar-refractivity contribution in [3.8, 4) is 12.3 Å². The van der Waals surface area contributed by atoms with Crippen molar-refractivity contribution >= 4 is 17.6 Å². The quantitative estimate of drug-likeness (QED) is 0.289. The predicted molar refractivity (Wildman–Crippen MR) is 112 cm³/mol. The SMILES string of the molecule is C#Cc1cccc(NC(=O)CN=C(NCC)NCC(O)(CCC)CCC)c1. The van der Waals surface area contributed by atoms with Gasteiger partial charge in [0.15, 0.2) is 5.96 Å². The molecule has 0 radical (unpaired) electrons. The Kier molecular flexibility index (Phi) is 9.99. The summed E-state index contributed by atoms with van der Waals surface area (Å²) in [6.45, 7) is 7.09. The lowest BCUT2D eigenvalue weighted by Crippen LogP contribution is -2.47. The second-order valence-corrected chi connectivity index (χ2v) is 6.55. The van der Waals surface area contributed by atoms with Gasteiger partial charge < -0.3 is 21.1 Å². The number of benzene rings is 1. The van der Waals surface area contributed by atoms with Crippen LogP contribution in [0.3, 0.4) is 0 Å². The molecule has 27 heavy (non-hydrogen) atoms. The highest BCUT2D eigenvalue weighted by Crippen LogP contribution is 2.18. The third-order valence-electron chi connectivity index (χ3n) is 4.05. The minimum absolute atomic E-state index is 0.0321. The molecule has 0 bridgehead atoms. The number of nitrogens with zero attached hydrogens (tertiary/aromatic N) is 1. The predicted octanol–water partition coefficient (Wildman–Crippen LogP) is 2.49. The van der Waals surface area contributed by atoms with E-state index in [4.69, 9.17) is 6.42 Å². The lowest BCUT2D eigenvalue weighted by atomic mass is 9.93. The molecule has 0 saturated heterocycles. The number of aliphatic hydroxyl groups is 1. The van der Waals surface area contributed by atoms with E-state index in [0.29, 0.717) is 30.3 Å². The van der Waals surface area contributed by atoms with Gasteiger partial charge in [-0.1, -0.05) is 38.7 Å². The summed E-state index contributed by atoms with van der Waals surface area (Å²) >= 11 is 0. The van der Waals surface area contributed by atoms with Gasteiger partial charge in [0.2, 0.25) is 5.91 Å². The second kappa shape index (κ2) is 12.0. The molecule has 148 valence electrons. The zero-order valence-electron chi connectivity index (χ0n) is 16.6. The first-order chi connectivity index (χ1) is 13.0. The fourth-order valence-electron chi connectivity index (χ4n) is 2.86. The van der Waals surface area contributed by atoms with Crippen LogP contribution in [0.4, 0.5) is 5.69 Å². The van der Waals surface area contributed by atoms with Gasteiger partial charge in [0, 0.05) is 24.3 Å². The first kappa shape index (κ1) is 22.5. The van der Waals surface area contributed by atoms with Gasteiger partial charge in [-0.05, 0) is 38.0 Å². The number of hydrogen-bond donors (Lipinski definition) is 4. The van der Waals surface area contributed by atoms with E-state index in [2.05, 4.69) is 40.7 Å². The van der Waals surface area contributed by atoms with Gasteiger partial charge in [0.1, 0.15) is 6.54 Å². The van der Waals surface area contributed by atoms with E-state index < -0.39 is 5.60 Å². The van der Waals surface area contributed by atoms with E-state index in [1.807, 2.05) is 6.92 Å². The van der Waals surface area contributed by atoms with E-state index in [0.717, 1.165) is 25.7 Å². The second-order valence-electron chi connectivity index (χ2n) is 6.55. The molecule has 0 aliphatic heterocycles. The number of carbonyl (C=O) groups excluding carboxylic acids is 1. The maximum absolute atomic E-state index is 12.2. The van der Waals surface area contributed by atoms with Crippen molar-refractivity contribution in [2.45, 2.75) is 52.1 Å². The normalized spacial score (nSPS) is 11.6. The highest BCUT2D eigenvalue weighted by molar-refractivity contribution is 5.94. The van der Waals surface area contributed by atoms with Crippen molar-refractivity contribution in [1.29, 1.82) is 0 Å². The summed E-state index contributed by atoms with van der Waals surface area (Å²) in [5, 5.41) is 19.7. The van der Waals surface area contributed by atoms with Gasteiger partial charge >= 0.3 is 0 Å². The summed E-state index contributed by atoms with van der Waals surface area (Å²) < 4.78 is 0. The summed E-state index contributed by atoms with van der Waals surface area (Å²) in [4.78, 5) is 16.5. The minimum Gasteiger partial charge on any atom is -0.388 e. The molecule has 0 fully saturated rings. The van der Waals surface area contributed by atoms with Crippen molar-refractivity contribution in [3.05, 3.63) is 29.8 Å². The Bertz CT molecular complexity index is 658. The van der Waals surface area contributed by atoms with Crippen molar-refractivity contribution in [2.24, 2.45) is 4.99 Å².